The second-order valence-electron chi connectivity index (χ2n) is 6.78. The van der Waals surface area contributed by atoms with E-state index in [1.54, 1.807) is 0 Å². The van der Waals surface area contributed by atoms with Crippen LogP contribution in [-0.4, -0.2) is 48.5 Å². The van der Waals surface area contributed by atoms with Gasteiger partial charge in [0, 0.05) is 30.1 Å². The summed E-state index contributed by atoms with van der Waals surface area (Å²) in [6.45, 7) is 5.97. The number of hydrogen-bond donors (Lipinski definition) is 1. The quantitative estimate of drug-likeness (QED) is 0.818. The van der Waals surface area contributed by atoms with Crippen LogP contribution in [0.2, 0.25) is 0 Å². The highest BCUT2D eigenvalue weighted by Gasteiger charge is 2.59. The van der Waals surface area contributed by atoms with E-state index in [0.29, 0.717) is 19.6 Å². The Bertz CT molecular complexity index is 355. The molecule has 6 heteroatoms. The molecule has 0 bridgehead atoms. The molecule has 2 N–H and O–H groups in total. The summed E-state index contributed by atoms with van der Waals surface area (Å²) in [7, 11) is 0. The molecule has 0 radical (unpaired) electrons. The maximum absolute atomic E-state index is 12.7. The third-order valence-corrected chi connectivity index (χ3v) is 4.94. The fourth-order valence-electron chi connectivity index (χ4n) is 3.12. The molecule has 2 aliphatic carbocycles. The van der Waals surface area contributed by atoms with Crippen LogP contribution in [0, 0.1) is 5.41 Å². The van der Waals surface area contributed by atoms with Crippen molar-refractivity contribution in [1.29, 1.82) is 0 Å². The first-order valence-electron chi connectivity index (χ1n) is 7.30. The summed E-state index contributed by atoms with van der Waals surface area (Å²) in [5.41, 5.74) is 5.51. The van der Waals surface area contributed by atoms with Gasteiger partial charge >= 0.3 is 6.18 Å². The number of hydrogen-bond acceptors (Lipinski definition) is 3. The van der Waals surface area contributed by atoms with E-state index in [2.05, 4.69) is 0 Å². The minimum Gasteiger partial charge on any atom is -0.378 e. The van der Waals surface area contributed by atoms with Gasteiger partial charge in [-0.15, -0.1) is 0 Å². The third-order valence-electron chi connectivity index (χ3n) is 4.94. The number of halogens is 3. The molecule has 20 heavy (non-hydrogen) atoms. The van der Waals surface area contributed by atoms with E-state index in [-0.39, 0.29) is 17.6 Å². The topological polar surface area (TPSA) is 38.5 Å². The Hall–Kier alpha value is -0.330. The summed E-state index contributed by atoms with van der Waals surface area (Å²) in [4.78, 5) is 1.52. The first kappa shape index (κ1) is 16.0. The summed E-state index contributed by atoms with van der Waals surface area (Å²) in [6, 6.07) is 0.0546. The summed E-state index contributed by atoms with van der Waals surface area (Å²) in [5, 5.41) is 0. The van der Waals surface area contributed by atoms with E-state index in [9.17, 15) is 13.2 Å². The number of ether oxygens (including phenoxy) is 1. The maximum Gasteiger partial charge on any atom is 0.401 e. The van der Waals surface area contributed by atoms with E-state index in [4.69, 9.17) is 10.5 Å². The lowest BCUT2D eigenvalue weighted by Gasteiger charge is -2.60. The van der Waals surface area contributed by atoms with E-state index >= 15 is 0 Å². The number of nitrogens with two attached hydrogens (primary N) is 1. The van der Waals surface area contributed by atoms with Crippen LogP contribution in [0.1, 0.15) is 40.0 Å². The molecule has 3 nitrogen and oxygen atoms in total. The molecule has 2 rings (SSSR count). The van der Waals surface area contributed by atoms with Gasteiger partial charge in [-0.3, -0.25) is 4.90 Å². The highest BCUT2D eigenvalue weighted by molar-refractivity contribution is 5.15. The lowest BCUT2D eigenvalue weighted by Crippen LogP contribution is -2.74. The number of nitrogens with zero attached hydrogens (tertiary/aromatic N) is 1. The molecule has 0 amide bonds. The standard InChI is InChI=1S/C14H25F3N2O/c1-4-20-11-7-13(18,12(11,2)3)8-19(10-5-6-10)9-14(15,16)17/h10-11H,4-9,18H2,1-3H3. The van der Waals surface area contributed by atoms with Crippen molar-refractivity contribution in [3.05, 3.63) is 0 Å². The summed E-state index contributed by atoms with van der Waals surface area (Å²) in [6.07, 6.45) is -1.78. The highest BCUT2D eigenvalue weighted by Crippen LogP contribution is 2.51. The van der Waals surface area contributed by atoms with Crippen molar-refractivity contribution < 1.29 is 17.9 Å². The fraction of sp³-hybridized carbons (Fsp3) is 1.00. The van der Waals surface area contributed by atoms with Gasteiger partial charge < -0.3 is 10.5 Å². The van der Waals surface area contributed by atoms with Crippen molar-refractivity contribution in [3.63, 3.8) is 0 Å². The molecule has 0 aromatic rings. The number of rotatable bonds is 6. The van der Waals surface area contributed by atoms with Gasteiger partial charge in [0.1, 0.15) is 0 Å². The van der Waals surface area contributed by atoms with Gasteiger partial charge in [0.2, 0.25) is 0 Å². The van der Waals surface area contributed by atoms with Crippen molar-refractivity contribution in [2.75, 3.05) is 19.7 Å². The molecule has 2 saturated carbocycles. The largest absolute Gasteiger partial charge is 0.401 e. The van der Waals surface area contributed by atoms with Crippen LogP contribution in [0.25, 0.3) is 0 Å². The molecular formula is C14H25F3N2O. The molecule has 0 saturated heterocycles. The van der Waals surface area contributed by atoms with Gasteiger partial charge in [-0.2, -0.15) is 13.2 Å². The molecule has 0 aromatic carbocycles. The zero-order valence-electron chi connectivity index (χ0n) is 12.5. The summed E-state index contributed by atoms with van der Waals surface area (Å²) in [5.74, 6) is 0. The lowest BCUT2D eigenvalue weighted by atomic mass is 9.54. The van der Waals surface area contributed by atoms with Crippen LogP contribution >= 0.6 is 0 Å². The van der Waals surface area contributed by atoms with Crippen molar-refractivity contribution in [1.82, 2.24) is 4.90 Å². The van der Waals surface area contributed by atoms with E-state index in [0.717, 1.165) is 12.8 Å². The molecule has 0 aromatic heterocycles. The van der Waals surface area contributed by atoms with Crippen LogP contribution < -0.4 is 5.73 Å². The van der Waals surface area contributed by atoms with Gasteiger partial charge in [-0.25, -0.2) is 0 Å². The maximum atomic E-state index is 12.7. The van der Waals surface area contributed by atoms with Gasteiger partial charge in [0.25, 0.3) is 0 Å². The second kappa shape index (κ2) is 5.14. The van der Waals surface area contributed by atoms with Crippen molar-refractivity contribution in [2.45, 2.75) is 63.9 Å². The zero-order valence-corrected chi connectivity index (χ0v) is 12.5. The van der Waals surface area contributed by atoms with Gasteiger partial charge in [-0.1, -0.05) is 13.8 Å². The predicted molar refractivity (Wildman–Crippen MR) is 71.4 cm³/mol. The molecule has 2 fully saturated rings. The second-order valence-corrected chi connectivity index (χ2v) is 6.78. The Balaban J connectivity index is 2.00. The van der Waals surface area contributed by atoms with Gasteiger partial charge in [0.15, 0.2) is 0 Å². The average molecular weight is 294 g/mol. The molecule has 0 aliphatic heterocycles. The minimum atomic E-state index is -4.16. The average Bonchev–Trinajstić information content (AvgIpc) is 3.09. The van der Waals surface area contributed by atoms with E-state index in [1.165, 1.54) is 4.90 Å². The van der Waals surface area contributed by atoms with E-state index < -0.39 is 18.3 Å². The van der Waals surface area contributed by atoms with Crippen molar-refractivity contribution >= 4 is 0 Å². The molecule has 0 heterocycles. The predicted octanol–water partition coefficient (Wildman–Crippen LogP) is 2.55. The molecule has 118 valence electrons. The van der Waals surface area contributed by atoms with Crippen LogP contribution in [0.4, 0.5) is 13.2 Å². The molecular weight excluding hydrogens is 269 g/mol. The first-order chi connectivity index (χ1) is 9.09. The van der Waals surface area contributed by atoms with Crippen LogP contribution in [0.15, 0.2) is 0 Å². The SMILES string of the molecule is CCOC1CC(N)(CN(CC(F)(F)F)C2CC2)C1(C)C. The third kappa shape index (κ3) is 3.12. The van der Waals surface area contributed by atoms with Crippen LogP contribution in [-0.2, 0) is 4.74 Å². The first-order valence-corrected chi connectivity index (χ1v) is 7.30. The zero-order chi connectivity index (χ0) is 15.2. The smallest absolute Gasteiger partial charge is 0.378 e. The van der Waals surface area contributed by atoms with Gasteiger partial charge in [0.05, 0.1) is 12.6 Å². The lowest BCUT2D eigenvalue weighted by molar-refractivity contribution is -0.176. The summed E-state index contributed by atoms with van der Waals surface area (Å²) >= 11 is 0. The Labute approximate surface area is 118 Å². The normalized spacial score (nSPS) is 33.3. The van der Waals surface area contributed by atoms with Crippen LogP contribution in [0.3, 0.4) is 0 Å². The van der Waals surface area contributed by atoms with E-state index in [1.807, 2.05) is 20.8 Å². The van der Waals surface area contributed by atoms with Crippen molar-refractivity contribution in [3.8, 4) is 0 Å². The minimum absolute atomic E-state index is 0.0458. The highest BCUT2D eigenvalue weighted by atomic mass is 19.4. The Kier molecular flexibility index (Phi) is 4.13. The Morgan fingerprint density at radius 2 is 1.90 bits per heavy atom. The van der Waals surface area contributed by atoms with Crippen LogP contribution in [0.5, 0.6) is 0 Å². The molecule has 2 aliphatic rings. The molecule has 2 unspecified atom stereocenters. The fourth-order valence-corrected chi connectivity index (χ4v) is 3.12. The summed E-state index contributed by atoms with van der Waals surface area (Å²) < 4.78 is 43.6. The van der Waals surface area contributed by atoms with Gasteiger partial charge in [-0.05, 0) is 26.2 Å². The molecule has 0 spiro atoms. The Morgan fingerprint density at radius 1 is 1.30 bits per heavy atom. The number of alkyl halides is 3. The Morgan fingerprint density at radius 3 is 2.30 bits per heavy atom. The monoisotopic (exact) mass is 294 g/mol. The molecule has 2 atom stereocenters. The van der Waals surface area contributed by atoms with Crippen molar-refractivity contribution in [2.24, 2.45) is 11.1 Å².